The Labute approximate surface area is 117 Å². The number of aliphatic hydroxyl groups excluding tert-OH is 1. The number of halogens is 1. The van der Waals surface area contributed by atoms with E-state index in [0.717, 1.165) is 25.2 Å². The summed E-state index contributed by atoms with van der Waals surface area (Å²) in [7, 11) is -3.67. The Balaban J connectivity index is 1.98. The molecular weight excluding hydrogens is 285 g/mol. The van der Waals surface area contributed by atoms with Crippen molar-refractivity contribution in [3.05, 3.63) is 29.6 Å². The van der Waals surface area contributed by atoms with Crippen LogP contribution in [0.25, 0.3) is 0 Å². The van der Waals surface area contributed by atoms with E-state index in [0.29, 0.717) is 25.5 Å². The second-order valence-corrected chi connectivity index (χ2v) is 6.59. The maximum Gasteiger partial charge on any atom is 0.240 e. The molecule has 0 aliphatic carbocycles. The van der Waals surface area contributed by atoms with Gasteiger partial charge in [0.15, 0.2) is 0 Å². The number of ether oxygens (including phenoxy) is 1. The number of nitrogens with one attached hydrogen (secondary N) is 1. The fourth-order valence-electron chi connectivity index (χ4n) is 2.13. The Bertz CT molecular complexity index is 555. The lowest BCUT2D eigenvalue weighted by molar-refractivity contribution is 0.184. The van der Waals surface area contributed by atoms with Gasteiger partial charge in [0, 0.05) is 25.3 Å². The fourth-order valence-corrected chi connectivity index (χ4v) is 3.23. The lowest BCUT2D eigenvalue weighted by Crippen LogP contribution is -2.26. The second kappa shape index (κ2) is 6.62. The highest BCUT2D eigenvalue weighted by atomic mass is 32.2. The fraction of sp³-hybridized carbons (Fsp3) is 0.538. The summed E-state index contributed by atoms with van der Waals surface area (Å²) < 4.78 is 45.0. The van der Waals surface area contributed by atoms with Gasteiger partial charge in [-0.15, -0.1) is 0 Å². The first-order chi connectivity index (χ1) is 9.53. The SMILES string of the molecule is O=S(=O)(NCCC1CCOC1)c1ccc(F)c(CO)c1. The van der Waals surface area contributed by atoms with E-state index >= 15 is 0 Å². The third kappa shape index (κ3) is 3.76. The Morgan fingerprint density at radius 1 is 1.45 bits per heavy atom. The molecule has 1 saturated heterocycles. The number of sulfonamides is 1. The summed E-state index contributed by atoms with van der Waals surface area (Å²) in [5, 5.41) is 8.96. The van der Waals surface area contributed by atoms with Crippen LogP contribution in [0.4, 0.5) is 4.39 Å². The lowest BCUT2D eigenvalue weighted by Gasteiger charge is -2.10. The molecule has 7 heteroatoms. The maximum atomic E-state index is 13.2. The van der Waals surface area contributed by atoms with E-state index in [1.807, 2.05) is 0 Å². The van der Waals surface area contributed by atoms with E-state index in [2.05, 4.69) is 4.72 Å². The molecule has 1 aliphatic heterocycles. The Kier molecular flexibility index (Phi) is 5.09. The van der Waals surface area contributed by atoms with Gasteiger partial charge in [-0.3, -0.25) is 0 Å². The molecule has 0 amide bonds. The summed E-state index contributed by atoms with van der Waals surface area (Å²) in [4.78, 5) is -0.0365. The number of rotatable bonds is 6. The predicted molar refractivity (Wildman–Crippen MR) is 71.1 cm³/mol. The van der Waals surface area contributed by atoms with Gasteiger partial charge in [0.1, 0.15) is 5.82 Å². The topological polar surface area (TPSA) is 75.6 Å². The number of hydrogen-bond donors (Lipinski definition) is 2. The van der Waals surface area contributed by atoms with Crippen LogP contribution in [0, 0.1) is 11.7 Å². The van der Waals surface area contributed by atoms with Gasteiger partial charge in [-0.05, 0) is 37.0 Å². The van der Waals surface area contributed by atoms with Crippen LogP contribution in [0.1, 0.15) is 18.4 Å². The van der Waals surface area contributed by atoms with E-state index in [1.165, 1.54) is 6.07 Å². The maximum absolute atomic E-state index is 13.2. The molecule has 0 aromatic heterocycles. The zero-order valence-corrected chi connectivity index (χ0v) is 11.8. The molecule has 5 nitrogen and oxygen atoms in total. The molecule has 1 aromatic rings. The molecule has 0 saturated carbocycles. The molecule has 0 radical (unpaired) electrons. The highest BCUT2D eigenvalue weighted by Gasteiger charge is 2.19. The smallest absolute Gasteiger partial charge is 0.240 e. The number of hydrogen-bond acceptors (Lipinski definition) is 4. The normalized spacial score (nSPS) is 19.4. The average molecular weight is 303 g/mol. The molecule has 0 bridgehead atoms. The third-order valence-electron chi connectivity index (χ3n) is 3.37. The van der Waals surface area contributed by atoms with Crippen LogP contribution < -0.4 is 4.72 Å². The molecule has 1 fully saturated rings. The zero-order chi connectivity index (χ0) is 14.6. The van der Waals surface area contributed by atoms with Gasteiger partial charge >= 0.3 is 0 Å². The van der Waals surface area contributed by atoms with Crippen LogP contribution in [0.5, 0.6) is 0 Å². The molecule has 1 aliphatic rings. The van der Waals surface area contributed by atoms with Crippen molar-refractivity contribution in [3.63, 3.8) is 0 Å². The van der Waals surface area contributed by atoms with E-state index < -0.39 is 22.4 Å². The van der Waals surface area contributed by atoms with Gasteiger partial charge in [0.05, 0.1) is 11.5 Å². The minimum atomic E-state index is -3.67. The number of aliphatic hydroxyl groups is 1. The molecule has 112 valence electrons. The van der Waals surface area contributed by atoms with Gasteiger partial charge in [-0.25, -0.2) is 17.5 Å². The third-order valence-corrected chi connectivity index (χ3v) is 4.83. The van der Waals surface area contributed by atoms with Gasteiger partial charge < -0.3 is 9.84 Å². The predicted octanol–water partition coefficient (Wildman–Crippen LogP) is 1.02. The van der Waals surface area contributed by atoms with Crippen LogP contribution >= 0.6 is 0 Å². The van der Waals surface area contributed by atoms with Crippen molar-refractivity contribution < 1.29 is 22.7 Å². The summed E-state index contributed by atoms with van der Waals surface area (Å²) in [6.45, 7) is 1.19. The van der Waals surface area contributed by atoms with Crippen molar-refractivity contribution in [1.29, 1.82) is 0 Å². The second-order valence-electron chi connectivity index (χ2n) is 4.83. The highest BCUT2D eigenvalue weighted by molar-refractivity contribution is 7.89. The largest absolute Gasteiger partial charge is 0.392 e. The molecule has 1 atom stereocenters. The molecule has 1 heterocycles. The summed E-state index contributed by atoms with van der Waals surface area (Å²) in [6, 6.07) is 3.39. The summed E-state index contributed by atoms with van der Waals surface area (Å²) in [6.07, 6.45) is 1.67. The molecule has 1 unspecified atom stereocenters. The zero-order valence-electron chi connectivity index (χ0n) is 11.0. The van der Waals surface area contributed by atoms with Crippen molar-refractivity contribution in [2.75, 3.05) is 19.8 Å². The van der Waals surface area contributed by atoms with Crippen LogP contribution in [-0.2, 0) is 21.4 Å². The summed E-state index contributed by atoms with van der Waals surface area (Å²) in [5.41, 5.74) is -0.0305. The molecule has 2 N–H and O–H groups in total. The van der Waals surface area contributed by atoms with Crippen molar-refractivity contribution >= 4 is 10.0 Å². The molecule has 2 rings (SSSR count). The van der Waals surface area contributed by atoms with Crippen LogP contribution in [0.15, 0.2) is 23.1 Å². The van der Waals surface area contributed by atoms with Crippen LogP contribution in [0.2, 0.25) is 0 Å². The molecular formula is C13H18FNO4S. The van der Waals surface area contributed by atoms with Gasteiger partial charge in [-0.1, -0.05) is 0 Å². The average Bonchev–Trinajstić information content (AvgIpc) is 2.92. The summed E-state index contributed by atoms with van der Waals surface area (Å²) in [5.74, 6) is -0.228. The van der Waals surface area contributed by atoms with Crippen LogP contribution in [-0.4, -0.2) is 33.3 Å². The van der Waals surface area contributed by atoms with Gasteiger partial charge in [-0.2, -0.15) is 0 Å². The number of benzene rings is 1. The molecule has 20 heavy (non-hydrogen) atoms. The van der Waals surface area contributed by atoms with E-state index in [4.69, 9.17) is 9.84 Å². The Morgan fingerprint density at radius 3 is 2.90 bits per heavy atom. The minimum Gasteiger partial charge on any atom is -0.392 e. The highest BCUT2D eigenvalue weighted by Crippen LogP contribution is 2.17. The summed E-state index contributed by atoms with van der Waals surface area (Å²) >= 11 is 0. The van der Waals surface area contributed by atoms with Crippen molar-refractivity contribution in [3.8, 4) is 0 Å². The first-order valence-electron chi connectivity index (χ1n) is 6.49. The van der Waals surface area contributed by atoms with E-state index in [1.54, 1.807) is 0 Å². The van der Waals surface area contributed by atoms with Gasteiger partial charge in [0.25, 0.3) is 0 Å². The quantitative estimate of drug-likeness (QED) is 0.823. The Hall–Kier alpha value is -1.02. The standard InChI is InChI=1S/C13H18FNO4S/c14-13-2-1-12(7-11(13)8-16)20(17,18)15-5-3-10-4-6-19-9-10/h1-2,7,10,15-16H,3-6,8-9H2. The van der Waals surface area contributed by atoms with Crippen molar-refractivity contribution in [1.82, 2.24) is 4.72 Å². The lowest BCUT2D eigenvalue weighted by atomic mass is 10.1. The molecule has 1 aromatic carbocycles. The monoisotopic (exact) mass is 303 g/mol. The van der Waals surface area contributed by atoms with E-state index in [-0.39, 0.29) is 10.5 Å². The minimum absolute atomic E-state index is 0.0305. The van der Waals surface area contributed by atoms with Crippen molar-refractivity contribution in [2.45, 2.75) is 24.3 Å². The molecule has 0 spiro atoms. The first kappa shape index (κ1) is 15.4. The first-order valence-corrected chi connectivity index (χ1v) is 7.98. The van der Waals surface area contributed by atoms with Crippen molar-refractivity contribution in [2.24, 2.45) is 5.92 Å². The van der Waals surface area contributed by atoms with Crippen LogP contribution in [0.3, 0.4) is 0 Å². The van der Waals surface area contributed by atoms with E-state index in [9.17, 15) is 12.8 Å². The Morgan fingerprint density at radius 2 is 2.25 bits per heavy atom. The van der Waals surface area contributed by atoms with Gasteiger partial charge in [0.2, 0.25) is 10.0 Å².